The first-order valence-electron chi connectivity index (χ1n) is 10.6. The molecule has 5 aliphatic carbocycles. The Morgan fingerprint density at radius 1 is 1.04 bits per heavy atom. The van der Waals surface area contributed by atoms with Crippen LogP contribution in [0.25, 0.3) is 0 Å². The number of carbonyl (C=O) groups excluding carboxylic acids is 1. The van der Waals surface area contributed by atoms with Crippen molar-refractivity contribution in [3.8, 4) is 0 Å². The lowest BCUT2D eigenvalue weighted by Gasteiger charge is -2.41. The number of nitrogens with two attached hydrogens (primary N) is 1. The molecule has 4 atom stereocenters. The molecule has 1 amide bonds. The molecule has 0 aliphatic heterocycles. The van der Waals surface area contributed by atoms with E-state index in [-0.39, 0.29) is 16.2 Å². The summed E-state index contributed by atoms with van der Waals surface area (Å²) >= 11 is 0. The molecule has 1 aromatic carbocycles. The summed E-state index contributed by atoms with van der Waals surface area (Å²) in [5.74, 6) is 1.08. The number of carbonyl (C=O) groups is 1. The highest BCUT2D eigenvalue weighted by atomic mass is 16.2. The number of benzene rings is 1. The van der Waals surface area contributed by atoms with Crippen molar-refractivity contribution in [2.75, 3.05) is 0 Å². The van der Waals surface area contributed by atoms with E-state index in [0.29, 0.717) is 23.9 Å². The molecule has 6 rings (SSSR count). The van der Waals surface area contributed by atoms with Crippen molar-refractivity contribution in [3.63, 3.8) is 0 Å². The summed E-state index contributed by atoms with van der Waals surface area (Å²) in [6, 6.07) is 11.7. The van der Waals surface area contributed by atoms with Gasteiger partial charge >= 0.3 is 0 Å². The van der Waals surface area contributed by atoms with Crippen LogP contribution >= 0.6 is 0 Å². The van der Waals surface area contributed by atoms with Crippen molar-refractivity contribution in [3.05, 3.63) is 35.9 Å². The van der Waals surface area contributed by atoms with Gasteiger partial charge in [0.2, 0.25) is 5.91 Å². The summed E-state index contributed by atoms with van der Waals surface area (Å²) in [6.07, 6.45) is 10.1. The highest BCUT2D eigenvalue weighted by molar-refractivity contribution is 5.85. The normalized spacial score (nSPS) is 46.5. The quantitative estimate of drug-likeness (QED) is 0.866. The predicted octanol–water partition coefficient (Wildman–Crippen LogP) is 3.91. The average molecular weight is 353 g/mol. The highest BCUT2D eigenvalue weighted by Gasteiger charge is 2.72. The molecule has 4 bridgehead atoms. The van der Waals surface area contributed by atoms with Gasteiger partial charge in [0, 0.05) is 12.1 Å². The molecule has 3 heteroatoms. The maximum absolute atomic E-state index is 13.6. The number of nitrogens with one attached hydrogen (secondary N) is 1. The van der Waals surface area contributed by atoms with Crippen LogP contribution in [0.3, 0.4) is 0 Å². The van der Waals surface area contributed by atoms with E-state index >= 15 is 0 Å². The van der Waals surface area contributed by atoms with Gasteiger partial charge in [-0.2, -0.15) is 0 Å². The summed E-state index contributed by atoms with van der Waals surface area (Å²) in [5, 5.41) is 3.48. The van der Waals surface area contributed by atoms with Gasteiger partial charge in [0.25, 0.3) is 0 Å². The van der Waals surface area contributed by atoms with Crippen molar-refractivity contribution in [1.82, 2.24) is 5.32 Å². The lowest BCUT2D eigenvalue weighted by atomic mass is 9.63. The Morgan fingerprint density at radius 2 is 1.77 bits per heavy atom. The van der Waals surface area contributed by atoms with Crippen molar-refractivity contribution < 1.29 is 4.79 Å². The van der Waals surface area contributed by atoms with Gasteiger partial charge in [-0.3, -0.25) is 4.79 Å². The molecule has 0 radical (unpaired) electrons. The van der Waals surface area contributed by atoms with Gasteiger partial charge in [-0.25, -0.2) is 0 Å². The lowest BCUT2D eigenvalue weighted by Crippen LogP contribution is -2.50. The first kappa shape index (κ1) is 16.8. The zero-order chi connectivity index (χ0) is 18.0. The lowest BCUT2D eigenvalue weighted by molar-refractivity contribution is -0.136. The number of amides is 1. The molecule has 5 saturated carbocycles. The van der Waals surface area contributed by atoms with E-state index in [9.17, 15) is 4.79 Å². The van der Waals surface area contributed by atoms with Gasteiger partial charge in [-0.05, 0) is 80.1 Å². The molecule has 5 fully saturated rings. The molecule has 0 heterocycles. The van der Waals surface area contributed by atoms with Gasteiger partial charge < -0.3 is 11.1 Å². The third-order valence-electron chi connectivity index (χ3n) is 8.51. The smallest absolute Gasteiger partial charge is 0.227 e. The summed E-state index contributed by atoms with van der Waals surface area (Å²) in [7, 11) is 0. The van der Waals surface area contributed by atoms with E-state index in [4.69, 9.17) is 5.73 Å². The predicted molar refractivity (Wildman–Crippen MR) is 104 cm³/mol. The van der Waals surface area contributed by atoms with Crippen LogP contribution in [0.4, 0.5) is 0 Å². The molecular weight excluding hydrogens is 320 g/mol. The van der Waals surface area contributed by atoms with Crippen LogP contribution in [0.5, 0.6) is 0 Å². The third kappa shape index (κ3) is 2.25. The molecule has 0 aromatic heterocycles. The molecule has 26 heavy (non-hydrogen) atoms. The van der Waals surface area contributed by atoms with E-state index in [1.807, 2.05) is 0 Å². The van der Waals surface area contributed by atoms with Gasteiger partial charge in [0.05, 0.1) is 5.41 Å². The highest BCUT2D eigenvalue weighted by Crippen LogP contribution is 2.76. The number of hydrogen-bond donors (Lipinski definition) is 2. The number of hydrogen-bond acceptors (Lipinski definition) is 2. The summed E-state index contributed by atoms with van der Waals surface area (Å²) in [4.78, 5) is 13.6. The Kier molecular flexibility index (Phi) is 3.60. The molecule has 0 saturated heterocycles. The van der Waals surface area contributed by atoms with Gasteiger partial charge in [0.1, 0.15) is 0 Å². The second-order valence-corrected chi connectivity index (χ2v) is 10.2. The maximum Gasteiger partial charge on any atom is 0.227 e. The monoisotopic (exact) mass is 352 g/mol. The molecule has 5 aliphatic rings. The van der Waals surface area contributed by atoms with Crippen LogP contribution in [0, 0.1) is 16.7 Å². The van der Waals surface area contributed by atoms with E-state index in [1.165, 1.54) is 24.8 Å². The molecule has 4 unspecified atom stereocenters. The molecule has 0 spiro atoms. The van der Waals surface area contributed by atoms with Crippen LogP contribution in [-0.2, 0) is 10.2 Å². The minimum Gasteiger partial charge on any atom is -0.353 e. The second-order valence-electron chi connectivity index (χ2n) is 10.2. The molecule has 3 nitrogen and oxygen atoms in total. The molecule has 1 aromatic rings. The van der Waals surface area contributed by atoms with Crippen molar-refractivity contribution >= 4 is 5.91 Å². The fraction of sp³-hybridized carbons (Fsp3) is 0.696. The molecular formula is C23H32N2O. The van der Waals surface area contributed by atoms with Crippen LogP contribution in [0.1, 0.15) is 70.3 Å². The Balaban J connectivity index is 1.43. The molecule has 3 N–H and O–H groups in total. The third-order valence-corrected chi connectivity index (χ3v) is 8.51. The van der Waals surface area contributed by atoms with Crippen molar-refractivity contribution in [1.29, 1.82) is 0 Å². The standard InChI is InChI=1S/C23H32N2O/c1-21-11-16-12-22(14-21,17-5-3-2-4-6-17)15-23(21,13-16)20(26)25-19-9-7-18(24)8-10-19/h2-6,16,18-19H,7-15,24H2,1H3,(H,25,26). The van der Waals surface area contributed by atoms with Crippen molar-refractivity contribution in [2.45, 2.75) is 82.2 Å². The van der Waals surface area contributed by atoms with Gasteiger partial charge in [0.15, 0.2) is 0 Å². The largest absolute Gasteiger partial charge is 0.353 e. The summed E-state index contributed by atoms with van der Waals surface area (Å²) < 4.78 is 0. The first-order valence-corrected chi connectivity index (χ1v) is 10.6. The first-order chi connectivity index (χ1) is 12.4. The average Bonchev–Trinajstić information content (AvgIpc) is 2.95. The van der Waals surface area contributed by atoms with Crippen LogP contribution in [0.15, 0.2) is 30.3 Å². The fourth-order valence-electron chi connectivity index (χ4n) is 7.55. The Labute approximate surface area is 157 Å². The van der Waals surface area contributed by atoms with Gasteiger partial charge in [-0.1, -0.05) is 37.3 Å². The van der Waals surface area contributed by atoms with Gasteiger partial charge in [-0.15, -0.1) is 0 Å². The Hall–Kier alpha value is -1.35. The topological polar surface area (TPSA) is 55.1 Å². The maximum atomic E-state index is 13.6. The zero-order valence-electron chi connectivity index (χ0n) is 16.0. The molecule has 140 valence electrons. The second kappa shape index (κ2) is 5.58. The summed E-state index contributed by atoms with van der Waals surface area (Å²) in [6.45, 7) is 2.41. The summed E-state index contributed by atoms with van der Waals surface area (Å²) in [5.41, 5.74) is 7.76. The van der Waals surface area contributed by atoms with Crippen LogP contribution in [-0.4, -0.2) is 18.0 Å². The van der Waals surface area contributed by atoms with E-state index in [2.05, 4.69) is 42.6 Å². The van der Waals surface area contributed by atoms with E-state index in [0.717, 1.165) is 38.5 Å². The minimum absolute atomic E-state index is 0.147. The van der Waals surface area contributed by atoms with E-state index in [1.54, 1.807) is 0 Å². The van der Waals surface area contributed by atoms with E-state index < -0.39 is 0 Å². The minimum atomic E-state index is -0.147. The SMILES string of the molecule is CC12CC3CC(c4ccccc4)(C1)CC2(C(=O)NC1CCC(N)CC1)C3. The Bertz CT molecular complexity index is 710. The van der Waals surface area contributed by atoms with Crippen molar-refractivity contribution in [2.24, 2.45) is 22.5 Å². The van der Waals surface area contributed by atoms with Crippen LogP contribution in [0.2, 0.25) is 0 Å². The Morgan fingerprint density at radius 3 is 2.50 bits per heavy atom. The van der Waals surface area contributed by atoms with Crippen LogP contribution < -0.4 is 11.1 Å². The zero-order valence-corrected chi connectivity index (χ0v) is 16.0. The number of rotatable bonds is 3. The fourth-order valence-corrected chi connectivity index (χ4v) is 7.55.